The molecule has 6 nitrogen and oxygen atoms in total. The first-order chi connectivity index (χ1) is 14.1. The van der Waals surface area contributed by atoms with Crippen molar-refractivity contribution in [3.05, 3.63) is 59.3 Å². The van der Waals surface area contributed by atoms with Crippen LogP contribution in [0.15, 0.2) is 42.5 Å². The molecule has 0 atom stereocenters. The van der Waals surface area contributed by atoms with Gasteiger partial charge in [0.25, 0.3) is 0 Å². The summed E-state index contributed by atoms with van der Waals surface area (Å²) in [4.78, 5) is 15.7. The second-order valence-electron chi connectivity index (χ2n) is 7.33. The predicted octanol–water partition coefficient (Wildman–Crippen LogP) is 3.23. The Kier molecular flexibility index (Phi) is 5.56. The molecule has 2 aromatic carbocycles. The number of nitrogens with zero attached hydrogens (tertiary/aromatic N) is 2. The lowest BCUT2D eigenvalue weighted by atomic mass is 10.0. The highest BCUT2D eigenvalue weighted by Crippen LogP contribution is 2.31. The molecule has 2 heterocycles. The van der Waals surface area contributed by atoms with Crippen molar-refractivity contribution in [2.45, 2.75) is 13.5 Å². The van der Waals surface area contributed by atoms with Crippen molar-refractivity contribution >= 4 is 16.7 Å². The van der Waals surface area contributed by atoms with Crippen molar-refractivity contribution in [3.63, 3.8) is 0 Å². The number of phenols is 1. The minimum Gasteiger partial charge on any atom is -0.508 e. The number of methoxy groups -OCH3 is 1. The Hall–Kier alpha value is -2.83. The number of aromatic hydroxyl groups is 1. The maximum Gasteiger partial charge on any atom is 0.195 e. The molecule has 152 valence electrons. The fourth-order valence-corrected chi connectivity index (χ4v) is 3.99. The molecule has 3 aromatic rings. The van der Waals surface area contributed by atoms with Gasteiger partial charge in [0, 0.05) is 48.9 Å². The molecule has 1 aliphatic rings. The standard InChI is InChI=1S/C23H26N2O4/c1-16-22(23(27)17-3-6-19(28-2)7-4-17)20-8-5-18(26)15-21(20)25(16)10-9-24-11-13-29-14-12-24/h3-8,15,26H,9-14H2,1-2H3. The van der Waals surface area contributed by atoms with E-state index >= 15 is 0 Å². The molecule has 1 aliphatic heterocycles. The molecule has 0 spiro atoms. The van der Waals surface area contributed by atoms with Gasteiger partial charge in [-0.05, 0) is 43.3 Å². The highest BCUT2D eigenvalue weighted by Gasteiger charge is 2.22. The van der Waals surface area contributed by atoms with E-state index in [1.54, 1.807) is 43.5 Å². The SMILES string of the molecule is COc1ccc(C(=O)c2c(C)n(CCN3CCOCC3)c3cc(O)ccc23)cc1. The molecule has 29 heavy (non-hydrogen) atoms. The van der Waals surface area contributed by atoms with Gasteiger partial charge in [0.15, 0.2) is 5.78 Å². The van der Waals surface area contributed by atoms with Gasteiger partial charge < -0.3 is 19.1 Å². The van der Waals surface area contributed by atoms with E-state index in [4.69, 9.17) is 9.47 Å². The summed E-state index contributed by atoms with van der Waals surface area (Å²) >= 11 is 0. The Morgan fingerprint density at radius 1 is 1.10 bits per heavy atom. The number of fused-ring (bicyclic) bond motifs is 1. The number of rotatable bonds is 6. The van der Waals surface area contributed by atoms with E-state index in [2.05, 4.69) is 9.47 Å². The maximum absolute atomic E-state index is 13.3. The highest BCUT2D eigenvalue weighted by molar-refractivity contribution is 6.17. The second-order valence-corrected chi connectivity index (χ2v) is 7.33. The fraction of sp³-hybridized carbons (Fsp3) is 0.348. The van der Waals surface area contributed by atoms with Crippen LogP contribution in [0.5, 0.6) is 11.5 Å². The van der Waals surface area contributed by atoms with Crippen LogP contribution >= 0.6 is 0 Å². The largest absolute Gasteiger partial charge is 0.508 e. The van der Waals surface area contributed by atoms with Gasteiger partial charge in [-0.1, -0.05) is 0 Å². The van der Waals surface area contributed by atoms with Crippen molar-refractivity contribution in [2.24, 2.45) is 0 Å². The summed E-state index contributed by atoms with van der Waals surface area (Å²) in [5, 5.41) is 10.9. The lowest BCUT2D eigenvalue weighted by Gasteiger charge is -2.27. The number of carbonyl (C=O) groups is 1. The fourth-order valence-electron chi connectivity index (χ4n) is 3.99. The number of phenolic OH excluding ortho intramolecular Hbond substituents is 1. The van der Waals surface area contributed by atoms with Crippen LogP contribution in [0.1, 0.15) is 21.6 Å². The Morgan fingerprint density at radius 2 is 1.83 bits per heavy atom. The summed E-state index contributed by atoms with van der Waals surface area (Å²) in [5.74, 6) is 0.896. The van der Waals surface area contributed by atoms with Gasteiger partial charge >= 0.3 is 0 Å². The number of ether oxygens (including phenoxy) is 2. The summed E-state index contributed by atoms with van der Waals surface area (Å²) in [5.41, 5.74) is 3.11. The molecule has 1 fully saturated rings. The molecule has 0 aliphatic carbocycles. The van der Waals surface area contributed by atoms with Crippen LogP contribution in [0.4, 0.5) is 0 Å². The normalized spacial score (nSPS) is 15.0. The molecule has 1 N–H and O–H groups in total. The van der Waals surface area contributed by atoms with E-state index < -0.39 is 0 Å². The summed E-state index contributed by atoms with van der Waals surface area (Å²) in [6.45, 7) is 6.96. The van der Waals surface area contributed by atoms with Gasteiger partial charge in [0.2, 0.25) is 0 Å². The van der Waals surface area contributed by atoms with E-state index in [0.29, 0.717) is 11.1 Å². The molecular weight excluding hydrogens is 368 g/mol. The highest BCUT2D eigenvalue weighted by atomic mass is 16.5. The summed E-state index contributed by atoms with van der Waals surface area (Å²) < 4.78 is 12.8. The first kappa shape index (κ1) is 19.5. The molecule has 1 aromatic heterocycles. The average Bonchev–Trinajstić information content (AvgIpc) is 3.03. The van der Waals surface area contributed by atoms with E-state index in [0.717, 1.165) is 61.7 Å². The molecule has 0 radical (unpaired) electrons. The smallest absolute Gasteiger partial charge is 0.195 e. The molecule has 6 heteroatoms. The van der Waals surface area contributed by atoms with Crippen LogP contribution in [0, 0.1) is 6.92 Å². The van der Waals surface area contributed by atoms with Crippen LogP contribution in [-0.2, 0) is 11.3 Å². The van der Waals surface area contributed by atoms with Crippen LogP contribution in [0.3, 0.4) is 0 Å². The van der Waals surface area contributed by atoms with E-state index in [1.807, 2.05) is 13.0 Å². The lowest BCUT2D eigenvalue weighted by molar-refractivity contribution is 0.0365. The number of carbonyl (C=O) groups excluding carboxylic acids is 1. The zero-order valence-electron chi connectivity index (χ0n) is 16.9. The second kappa shape index (κ2) is 8.27. The Labute approximate surface area is 170 Å². The average molecular weight is 394 g/mol. The first-order valence-electron chi connectivity index (χ1n) is 9.89. The van der Waals surface area contributed by atoms with Crippen LogP contribution in [-0.4, -0.2) is 60.3 Å². The van der Waals surface area contributed by atoms with E-state index in [-0.39, 0.29) is 11.5 Å². The molecule has 4 rings (SSSR count). The number of ketones is 1. The van der Waals surface area contributed by atoms with Gasteiger partial charge in [-0.2, -0.15) is 0 Å². The number of benzene rings is 2. The number of hydrogen-bond donors (Lipinski definition) is 1. The Morgan fingerprint density at radius 3 is 2.52 bits per heavy atom. The van der Waals surface area contributed by atoms with Crippen molar-refractivity contribution in [1.82, 2.24) is 9.47 Å². The van der Waals surface area contributed by atoms with Crippen molar-refractivity contribution in [1.29, 1.82) is 0 Å². The van der Waals surface area contributed by atoms with Gasteiger partial charge in [0.05, 0.1) is 31.4 Å². The zero-order chi connectivity index (χ0) is 20.4. The number of morpholine rings is 1. The topological polar surface area (TPSA) is 63.9 Å². The van der Waals surface area contributed by atoms with Gasteiger partial charge in [0.1, 0.15) is 11.5 Å². The summed E-state index contributed by atoms with van der Waals surface area (Å²) in [6.07, 6.45) is 0. The minimum absolute atomic E-state index is 0.0223. The quantitative estimate of drug-likeness (QED) is 0.651. The molecule has 0 unspecified atom stereocenters. The molecule has 1 saturated heterocycles. The van der Waals surface area contributed by atoms with Gasteiger partial charge in [-0.3, -0.25) is 9.69 Å². The van der Waals surface area contributed by atoms with Gasteiger partial charge in [-0.15, -0.1) is 0 Å². The monoisotopic (exact) mass is 394 g/mol. The van der Waals surface area contributed by atoms with E-state index in [9.17, 15) is 9.90 Å². The number of hydrogen-bond acceptors (Lipinski definition) is 5. The molecule has 0 bridgehead atoms. The minimum atomic E-state index is -0.0223. The Balaban J connectivity index is 1.71. The van der Waals surface area contributed by atoms with Crippen LogP contribution in [0.25, 0.3) is 10.9 Å². The first-order valence-corrected chi connectivity index (χ1v) is 9.89. The molecular formula is C23H26N2O4. The van der Waals surface area contributed by atoms with Crippen molar-refractivity contribution < 1.29 is 19.4 Å². The van der Waals surface area contributed by atoms with Crippen molar-refractivity contribution in [2.75, 3.05) is 40.0 Å². The zero-order valence-corrected chi connectivity index (χ0v) is 16.9. The lowest BCUT2D eigenvalue weighted by Crippen LogP contribution is -2.38. The third kappa shape index (κ3) is 3.86. The third-order valence-corrected chi connectivity index (χ3v) is 5.63. The maximum atomic E-state index is 13.3. The van der Waals surface area contributed by atoms with Crippen LogP contribution < -0.4 is 4.74 Å². The van der Waals surface area contributed by atoms with Crippen molar-refractivity contribution in [3.8, 4) is 11.5 Å². The molecule has 0 amide bonds. The summed E-state index contributed by atoms with van der Waals surface area (Å²) in [7, 11) is 1.61. The van der Waals surface area contributed by atoms with E-state index in [1.165, 1.54) is 0 Å². The van der Waals surface area contributed by atoms with Crippen LogP contribution in [0.2, 0.25) is 0 Å². The third-order valence-electron chi connectivity index (χ3n) is 5.63. The molecule has 0 saturated carbocycles. The Bertz CT molecular complexity index is 1020. The predicted molar refractivity (Wildman–Crippen MR) is 112 cm³/mol. The van der Waals surface area contributed by atoms with Gasteiger partial charge in [-0.25, -0.2) is 0 Å². The summed E-state index contributed by atoms with van der Waals surface area (Å²) in [6, 6.07) is 12.4. The number of aromatic nitrogens is 1.